The number of esters is 1. The van der Waals surface area contributed by atoms with Crippen molar-refractivity contribution in [2.24, 2.45) is 0 Å². The molecular formula is C38H42BrFN4O4S. The van der Waals surface area contributed by atoms with Gasteiger partial charge in [-0.1, -0.05) is 48.5 Å². The first-order valence-corrected chi connectivity index (χ1v) is 18.6. The highest BCUT2D eigenvalue weighted by molar-refractivity contribution is 9.10. The van der Waals surface area contributed by atoms with Crippen LogP contribution in [0.25, 0.3) is 0 Å². The van der Waals surface area contributed by atoms with Gasteiger partial charge in [0.1, 0.15) is 24.6 Å². The topological polar surface area (TPSA) is 87.5 Å². The van der Waals surface area contributed by atoms with E-state index in [9.17, 15) is 9.18 Å². The first-order valence-electron chi connectivity index (χ1n) is 16.8. The van der Waals surface area contributed by atoms with E-state index >= 15 is 0 Å². The van der Waals surface area contributed by atoms with Crippen LogP contribution in [0, 0.1) is 26.6 Å². The Balaban J connectivity index is 1.37. The molecule has 1 fully saturated rings. The second-order valence-electron chi connectivity index (χ2n) is 12.7. The molecule has 8 nitrogen and oxygen atoms in total. The minimum absolute atomic E-state index is 0.124. The highest BCUT2D eigenvalue weighted by Gasteiger charge is 2.37. The average molecular weight is 750 g/mol. The molecule has 0 saturated heterocycles. The van der Waals surface area contributed by atoms with Gasteiger partial charge in [0.05, 0.1) is 16.7 Å². The van der Waals surface area contributed by atoms with E-state index in [1.807, 2.05) is 32.0 Å². The van der Waals surface area contributed by atoms with Gasteiger partial charge in [-0.3, -0.25) is 0 Å². The zero-order valence-corrected chi connectivity index (χ0v) is 31.0. The molecule has 0 spiro atoms. The monoisotopic (exact) mass is 748 g/mol. The maximum absolute atomic E-state index is 14.4. The summed E-state index contributed by atoms with van der Waals surface area (Å²) in [6, 6.07) is 14.2. The van der Waals surface area contributed by atoms with Crippen LogP contribution in [0.2, 0.25) is 0 Å². The third kappa shape index (κ3) is 7.83. The van der Waals surface area contributed by atoms with Gasteiger partial charge in [0.25, 0.3) is 0 Å². The zero-order chi connectivity index (χ0) is 34.7. The highest BCUT2D eigenvalue weighted by atomic mass is 79.9. The highest BCUT2D eigenvalue weighted by Crippen LogP contribution is 2.44. The standard InChI is InChI=1S/C38H42BrFN4O4S/c1-6-46-32-19-27(18-30(39)35(32)47-20-28-17-23(3)22(2)16-24(28)4)34-33(36(45)48-29-13-8-7-9-14-29)25(5)41-37-42-38(43-44(34)37)49-21-26-12-10-11-15-31(26)40/h10-12,15-19,29,34H,6-9,13-14,20-21H2,1-5H3,(H,41,42,43). The largest absolute Gasteiger partial charge is 0.490 e. The molecule has 1 unspecified atom stereocenters. The summed E-state index contributed by atoms with van der Waals surface area (Å²) in [6.45, 7) is 10.9. The van der Waals surface area contributed by atoms with Crippen molar-refractivity contribution in [3.63, 3.8) is 0 Å². The predicted octanol–water partition coefficient (Wildman–Crippen LogP) is 9.54. The van der Waals surface area contributed by atoms with Gasteiger partial charge in [-0.2, -0.15) is 4.98 Å². The van der Waals surface area contributed by atoms with Crippen LogP contribution in [-0.4, -0.2) is 33.4 Å². The van der Waals surface area contributed by atoms with Crippen molar-refractivity contribution in [1.82, 2.24) is 14.8 Å². The molecular weight excluding hydrogens is 707 g/mol. The van der Waals surface area contributed by atoms with Crippen molar-refractivity contribution < 1.29 is 23.4 Å². The minimum Gasteiger partial charge on any atom is -0.490 e. The summed E-state index contributed by atoms with van der Waals surface area (Å²) in [7, 11) is 0. The summed E-state index contributed by atoms with van der Waals surface area (Å²) in [5, 5.41) is 8.60. The van der Waals surface area contributed by atoms with Gasteiger partial charge in [-0.15, -0.1) is 5.10 Å². The van der Waals surface area contributed by atoms with Crippen LogP contribution in [0.15, 0.2) is 69.4 Å². The molecule has 1 aliphatic heterocycles. The SMILES string of the molecule is CCOc1cc(C2C(C(=O)OC3CCCCC3)=C(C)Nc3nc(SCc4ccccc4F)nn32)cc(Br)c1OCc1cc(C)c(C)cc1C. The van der Waals surface area contributed by atoms with Crippen LogP contribution in [0.4, 0.5) is 10.3 Å². The fourth-order valence-corrected chi connectivity index (χ4v) is 7.78. The molecule has 0 radical (unpaired) electrons. The van der Waals surface area contributed by atoms with E-state index in [0.29, 0.717) is 62.9 Å². The maximum Gasteiger partial charge on any atom is 0.338 e. The molecule has 11 heteroatoms. The number of nitrogens with zero attached hydrogens (tertiary/aromatic N) is 3. The number of allylic oxidation sites excluding steroid dienone is 1. The molecule has 3 aromatic carbocycles. The number of hydrogen-bond donors (Lipinski definition) is 1. The first kappa shape index (κ1) is 35.0. The summed E-state index contributed by atoms with van der Waals surface area (Å²) >= 11 is 5.10. The molecule has 1 aliphatic carbocycles. The van der Waals surface area contributed by atoms with Gasteiger partial charge in [-0.05, 0) is 128 Å². The average Bonchev–Trinajstić information content (AvgIpc) is 3.48. The van der Waals surface area contributed by atoms with E-state index < -0.39 is 6.04 Å². The van der Waals surface area contributed by atoms with E-state index in [1.165, 1.54) is 29.0 Å². The van der Waals surface area contributed by atoms with E-state index in [2.05, 4.69) is 54.2 Å². The normalized spacial score (nSPS) is 16.3. The molecule has 0 amide bonds. The Morgan fingerprint density at radius 2 is 1.76 bits per heavy atom. The van der Waals surface area contributed by atoms with Crippen molar-refractivity contribution in [2.45, 2.75) is 96.4 Å². The second-order valence-corrected chi connectivity index (χ2v) is 14.5. The molecule has 1 atom stereocenters. The number of ether oxygens (including phenoxy) is 3. The Morgan fingerprint density at radius 3 is 2.51 bits per heavy atom. The summed E-state index contributed by atoms with van der Waals surface area (Å²) in [6.07, 6.45) is 4.83. The molecule has 1 saturated carbocycles. The number of halogens is 2. The van der Waals surface area contributed by atoms with Crippen LogP contribution >= 0.6 is 27.7 Å². The number of fused-ring (bicyclic) bond motifs is 1. The van der Waals surface area contributed by atoms with E-state index in [0.717, 1.165) is 48.8 Å². The molecule has 49 heavy (non-hydrogen) atoms. The molecule has 6 rings (SSSR count). The number of anilines is 1. The number of carbonyl (C=O) groups excluding carboxylic acids is 1. The van der Waals surface area contributed by atoms with E-state index in [-0.39, 0.29) is 17.9 Å². The molecule has 4 aromatic rings. The lowest BCUT2D eigenvalue weighted by Gasteiger charge is -2.30. The number of nitrogens with one attached hydrogen (secondary N) is 1. The Morgan fingerprint density at radius 1 is 1.00 bits per heavy atom. The Bertz CT molecular complexity index is 1890. The van der Waals surface area contributed by atoms with Gasteiger partial charge < -0.3 is 19.5 Å². The fraction of sp³-hybridized carbons (Fsp3) is 0.395. The lowest BCUT2D eigenvalue weighted by atomic mass is 9.94. The summed E-state index contributed by atoms with van der Waals surface area (Å²) < 4.78 is 35.5. The molecule has 1 N–H and O–H groups in total. The van der Waals surface area contributed by atoms with Crippen molar-refractivity contribution in [3.8, 4) is 11.5 Å². The summed E-state index contributed by atoms with van der Waals surface area (Å²) in [4.78, 5) is 18.8. The molecule has 258 valence electrons. The van der Waals surface area contributed by atoms with Crippen molar-refractivity contribution >= 4 is 39.6 Å². The van der Waals surface area contributed by atoms with Gasteiger partial charge in [0.15, 0.2) is 11.5 Å². The quantitative estimate of drug-likeness (QED) is 0.120. The van der Waals surface area contributed by atoms with Crippen molar-refractivity contribution in [3.05, 3.63) is 103 Å². The third-order valence-electron chi connectivity index (χ3n) is 9.17. The molecule has 0 bridgehead atoms. The number of aryl methyl sites for hydroxylation is 3. The lowest BCUT2D eigenvalue weighted by Crippen LogP contribution is -2.32. The van der Waals surface area contributed by atoms with E-state index in [4.69, 9.17) is 24.3 Å². The van der Waals surface area contributed by atoms with E-state index in [1.54, 1.807) is 16.8 Å². The minimum atomic E-state index is -0.672. The maximum atomic E-state index is 14.4. The van der Waals surface area contributed by atoms with Crippen LogP contribution in [-0.2, 0) is 21.9 Å². The Hall–Kier alpha value is -3.83. The van der Waals surface area contributed by atoms with Crippen LogP contribution in [0.5, 0.6) is 11.5 Å². The number of rotatable bonds is 11. The first-order chi connectivity index (χ1) is 23.6. The number of benzene rings is 3. The third-order valence-corrected chi connectivity index (χ3v) is 10.6. The van der Waals surface area contributed by atoms with Crippen molar-refractivity contribution in [1.29, 1.82) is 0 Å². The van der Waals surface area contributed by atoms with Gasteiger partial charge in [0, 0.05) is 11.4 Å². The van der Waals surface area contributed by atoms with Gasteiger partial charge in [0.2, 0.25) is 11.1 Å². The van der Waals surface area contributed by atoms with Gasteiger partial charge in [-0.25, -0.2) is 13.9 Å². The molecule has 1 aromatic heterocycles. The van der Waals surface area contributed by atoms with Crippen LogP contribution in [0.1, 0.15) is 85.4 Å². The summed E-state index contributed by atoms with van der Waals surface area (Å²) in [5.41, 5.74) is 7.10. The Kier molecular flexibility index (Phi) is 11.0. The predicted molar refractivity (Wildman–Crippen MR) is 194 cm³/mol. The van der Waals surface area contributed by atoms with Gasteiger partial charge >= 0.3 is 5.97 Å². The van der Waals surface area contributed by atoms with Crippen LogP contribution < -0.4 is 14.8 Å². The van der Waals surface area contributed by atoms with Crippen molar-refractivity contribution in [2.75, 3.05) is 11.9 Å². The fourth-order valence-electron chi connectivity index (χ4n) is 6.40. The lowest BCUT2D eigenvalue weighted by molar-refractivity contribution is -0.146. The number of aromatic nitrogens is 3. The number of hydrogen-bond acceptors (Lipinski definition) is 8. The number of carbonyl (C=O) groups is 1. The Labute approximate surface area is 300 Å². The summed E-state index contributed by atoms with van der Waals surface area (Å²) in [5.74, 6) is 1.29. The molecule has 2 aliphatic rings. The zero-order valence-electron chi connectivity index (χ0n) is 28.6. The second kappa shape index (κ2) is 15.4. The molecule has 2 heterocycles. The smallest absolute Gasteiger partial charge is 0.338 e. The van der Waals surface area contributed by atoms with Crippen LogP contribution in [0.3, 0.4) is 0 Å². The number of thioether (sulfide) groups is 1.